The van der Waals surface area contributed by atoms with Crippen LogP contribution in [0.1, 0.15) is 36.8 Å². The number of carbonyl (C=O) groups is 1. The van der Waals surface area contributed by atoms with Gasteiger partial charge in [0.2, 0.25) is 0 Å². The molecular formula is C29H30N4O2S. The van der Waals surface area contributed by atoms with Gasteiger partial charge in [0, 0.05) is 30.4 Å². The van der Waals surface area contributed by atoms with Crippen molar-refractivity contribution in [2.75, 3.05) is 19.7 Å². The first-order valence-electron chi connectivity index (χ1n) is 12.4. The number of hydrogen-bond acceptors (Lipinski definition) is 5. The van der Waals surface area contributed by atoms with Gasteiger partial charge < -0.3 is 9.64 Å². The molecule has 0 radical (unpaired) electrons. The van der Waals surface area contributed by atoms with Crippen LogP contribution >= 0.6 is 11.8 Å². The average Bonchev–Trinajstić information content (AvgIpc) is 3.36. The Bertz CT molecular complexity index is 1320. The molecule has 2 aliphatic rings. The van der Waals surface area contributed by atoms with Gasteiger partial charge in [0.1, 0.15) is 18.1 Å². The van der Waals surface area contributed by atoms with Gasteiger partial charge in [-0.25, -0.2) is 4.68 Å². The topological polar surface area (TPSA) is 59.7 Å². The molecule has 3 aromatic rings. The van der Waals surface area contributed by atoms with E-state index in [-0.39, 0.29) is 5.91 Å². The molecule has 0 bridgehead atoms. The lowest BCUT2D eigenvalue weighted by atomic mass is 10.0. The predicted molar refractivity (Wildman–Crippen MR) is 147 cm³/mol. The first-order valence-corrected chi connectivity index (χ1v) is 13.2. The summed E-state index contributed by atoms with van der Waals surface area (Å²) in [6.45, 7) is 8.12. The third kappa shape index (κ3) is 5.31. The Labute approximate surface area is 216 Å². The summed E-state index contributed by atoms with van der Waals surface area (Å²) in [5.74, 6) is 0.639. The molecule has 7 heteroatoms. The quantitative estimate of drug-likeness (QED) is 0.297. The van der Waals surface area contributed by atoms with Crippen LogP contribution in [0.5, 0.6) is 5.75 Å². The second kappa shape index (κ2) is 11.0. The highest BCUT2D eigenvalue weighted by Gasteiger charge is 2.27. The second-order valence-electron chi connectivity index (χ2n) is 9.00. The largest absolute Gasteiger partial charge is 0.489 e. The Morgan fingerprint density at radius 1 is 1.08 bits per heavy atom. The summed E-state index contributed by atoms with van der Waals surface area (Å²) in [6.07, 6.45) is 10.4. The van der Waals surface area contributed by atoms with Gasteiger partial charge in [-0.05, 0) is 73.5 Å². The fourth-order valence-electron chi connectivity index (χ4n) is 4.47. The minimum atomic E-state index is -0.179. The Morgan fingerprint density at radius 2 is 1.86 bits per heavy atom. The number of hydrogen-bond donors (Lipinski definition) is 0. The van der Waals surface area contributed by atoms with Crippen LogP contribution in [-0.2, 0) is 4.79 Å². The summed E-state index contributed by atoms with van der Waals surface area (Å²) in [4.78, 5) is 20.2. The van der Waals surface area contributed by atoms with Crippen molar-refractivity contribution < 1.29 is 9.53 Å². The Balaban J connectivity index is 1.49. The van der Waals surface area contributed by atoms with Gasteiger partial charge >= 0.3 is 0 Å². The lowest BCUT2D eigenvalue weighted by Crippen LogP contribution is -2.28. The number of aliphatic imine (C=N–C) groups is 1. The standard InChI is InChI=1S/C29H30N4O2S/c1-3-17-35-25-14-13-22(18-21(25)2)27-23(20-33(31-27)24-11-7-6-8-12-24)19-26-28(34)30-29(36-26)32-15-9-4-5-10-16-32/h3,6-8,11-14,18-20H,1,4-5,9-10,15-17H2,2H3/b26-19+. The van der Waals surface area contributed by atoms with Gasteiger partial charge in [-0.15, -0.1) is 0 Å². The van der Waals surface area contributed by atoms with Crippen molar-refractivity contribution in [3.63, 3.8) is 0 Å². The molecule has 5 rings (SSSR count). The molecule has 36 heavy (non-hydrogen) atoms. The number of thioether (sulfide) groups is 1. The third-order valence-corrected chi connectivity index (χ3v) is 7.39. The zero-order valence-corrected chi connectivity index (χ0v) is 21.3. The van der Waals surface area contributed by atoms with Gasteiger partial charge in [0.05, 0.1) is 10.6 Å². The fourth-order valence-corrected chi connectivity index (χ4v) is 5.43. The number of amides is 1. The molecule has 0 spiro atoms. The molecule has 0 saturated carbocycles. The molecule has 6 nitrogen and oxygen atoms in total. The smallest absolute Gasteiger partial charge is 0.286 e. The summed E-state index contributed by atoms with van der Waals surface area (Å²) >= 11 is 1.47. The van der Waals surface area contributed by atoms with E-state index in [0.29, 0.717) is 11.5 Å². The Morgan fingerprint density at radius 3 is 2.58 bits per heavy atom. The monoisotopic (exact) mass is 498 g/mol. The summed E-state index contributed by atoms with van der Waals surface area (Å²) in [7, 11) is 0. The zero-order valence-electron chi connectivity index (χ0n) is 20.5. The summed E-state index contributed by atoms with van der Waals surface area (Å²) in [5, 5.41) is 5.74. The van der Waals surface area contributed by atoms with Gasteiger partial charge in [-0.3, -0.25) is 4.79 Å². The molecular weight excluding hydrogens is 468 g/mol. The average molecular weight is 499 g/mol. The number of aromatic nitrogens is 2. The lowest BCUT2D eigenvalue weighted by molar-refractivity contribution is -0.113. The van der Waals surface area contributed by atoms with Gasteiger partial charge in [0.25, 0.3) is 5.91 Å². The van der Waals surface area contributed by atoms with Crippen molar-refractivity contribution in [1.82, 2.24) is 14.7 Å². The maximum Gasteiger partial charge on any atom is 0.286 e. The first kappa shape index (κ1) is 24.1. The Hall–Kier alpha value is -3.58. The molecule has 3 heterocycles. The molecule has 1 amide bonds. The van der Waals surface area contributed by atoms with E-state index in [1.54, 1.807) is 6.08 Å². The van der Waals surface area contributed by atoms with Crippen molar-refractivity contribution in [3.05, 3.63) is 83.4 Å². The Kier molecular flexibility index (Phi) is 7.37. The van der Waals surface area contributed by atoms with Crippen molar-refractivity contribution in [1.29, 1.82) is 0 Å². The van der Waals surface area contributed by atoms with Crippen molar-refractivity contribution >= 4 is 28.9 Å². The molecule has 1 fully saturated rings. The highest BCUT2D eigenvalue weighted by atomic mass is 32.2. The van der Waals surface area contributed by atoms with Crippen LogP contribution in [-0.4, -0.2) is 45.5 Å². The maximum atomic E-state index is 12.9. The van der Waals surface area contributed by atoms with Crippen molar-refractivity contribution in [3.8, 4) is 22.7 Å². The van der Waals surface area contributed by atoms with E-state index in [1.165, 1.54) is 24.6 Å². The molecule has 0 unspecified atom stereocenters. The molecule has 0 N–H and O–H groups in total. The lowest BCUT2D eigenvalue weighted by Gasteiger charge is -2.20. The number of likely N-dealkylation sites (tertiary alicyclic amines) is 1. The normalized spacial score (nSPS) is 17.2. The van der Waals surface area contributed by atoms with E-state index in [2.05, 4.69) is 22.5 Å². The molecule has 1 saturated heterocycles. The van der Waals surface area contributed by atoms with Crippen LogP contribution in [0.2, 0.25) is 0 Å². The molecule has 184 valence electrons. The minimum Gasteiger partial charge on any atom is -0.489 e. The van der Waals surface area contributed by atoms with E-state index in [4.69, 9.17) is 9.84 Å². The number of rotatable bonds is 6. The van der Waals surface area contributed by atoms with Crippen LogP contribution in [0.3, 0.4) is 0 Å². The number of nitrogens with zero attached hydrogens (tertiary/aromatic N) is 4. The number of ether oxygens (including phenoxy) is 1. The van der Waals surface area contributed by atoms with Crippen LogP contribution in [0.15, 0.2) is 77.3 Å². The molecule has 0 aliphatic carbocycles. The summed E-state index contributed by atoms with van der Waals surface area (Å²) in [6, 6.07) is 16.0. The number of amidine groups is 1. The number of para-hydroxylation sites is 1. The molecule has 1 aromatic heterocycles. The van der Waals surface area contributed by atoms with Gasteiger partial charge in [-0.1, -0.05) is 43.7 Å². The van der Waals surface area contributed by atoms with Crippen LogP contribution in [0.4, 0.5) is 0 Å². The third-order valence-electron chi connectivity index (χ3n) is 6.34. The highest BCUT2D eigenvalue weighted by molar-refractivity contribution is 8.18. The van der Waals surface area contributed by atoms with E-state index >= 15 is 0 Å². The highest BCUT2D eigenvalue weighted by Crippen LogP contribution is 2.35. The number of benzene rings is 2. The first-order chi connectivity index (χ1) is 17.6. The molecule has 2 aliphatic heterocycles. The van der Waals surface area contributed by atoms with E-state index < -0.39 is 0 Å². The van der Waals surface area contributed by atoms with Gasteiger partial charge in [-0.2, -0.15) is 10.1 Å². The van der Waals surface area contributed by atoms with Crippen molar-refractivity contribution in [2.45, 2.75) is 32.6 Å². The zero-order chi connectivity index (χ0) is 24.9. The maximum absolute atomic E-state index is 12.9. The van der Waals surface area contributed by atoms with Crippen LogP contribution < -0.4 is 4.74 Å². The van der Waals surface area contributed by atoms with Gasteiger partial charge in [0.15, 0.2) is 5.17 Å². The fraction of sp³-hybridized carbons (Fsp3) is 0.276. The predicted octanol–water partition coefficient (Wildman–Crippen LogP) is 6.26. The molecule has 2 aromatic carbocycles. The van der Waals surface area contributed by atoms with E-state index in [0.717, 1.165) is 64.9 Å². The van der Waals surface area contributed by atoms with Crippen LogP contribution in [0.25, 0.3) is 23.0 Å². The van der Waals surface area contributed by atoms with E-state index in [1.807, 2.05) is 66.3 Å². The summed E-state index contributed by atoms with van der Waals surface area (Å²) < 4.78 is 7.62. The number of aryl methyl sites for hydroxylation is 1. The minimum absolute atomic E-state index is 0.179. The van der Waals surface area contributed by atoms with Crippen LogP contribution in [0, 0.1) is 6.92 Å². The second-order valence-corrected chi connectivity index (χ2v) is 10.0. The van der Waals surface area contributed by atoms with E-state index in [9.17, 15) is 4.79 Å². The SMILES string of the molecule is C=CCOc1ccc(-c2nn(-c3ccccc3)cc2/C=C2/SC(N3CCCCCC3)=NC2=O)cc1C. The molecule has 0 atom stereocenters. The summed E-state index contributed by atoms with van der Waals surface area (Å²) in [5.41, 5.74) is 4.62. The number of carbonyl (C=O) groups excluding carboxylic acids is 1. The van der Waals surface area contributed by atoms with Crippen molar-refractivity contribution in [2.24, 2.45) is 4.99 Å².